The largest absolute Gasteiger partial charge is 0.507 e. The summed E-state index contributed by atoms with van der Waals surface area (Å²) in [5.41, 5.74) is 5.89. The molecule has 0 radical (unpaired) electrons. The number of hydrogen-bond acceptors (Lipinski definition) is 3. The lowest BCUT2D eigenvalue weighted by Gasteiger charge is -2.38. The summed E-state index contributed by atoms with van der Waals surface area (Å²) in [4.78, 5) is 0. The number of fused-ring (bicyclic) bond motifs is 1. The van der Waals surface area contributed by atoms with Gasteiger partial charge >= 0.3 is 0 Å². The third-order valence-corrected chi connectivity index (χ3v) is 17.4. The number of aliphatic hydroxyl groups is 1. The highest BCUT2D eigenvalue weighted by atomic mass is 16.5. The SMILES string of the molecule is C/C(=C\CO)CCCC(C)CCCC(C)CCCC(C)C.C=CC(C)(C)CCCC(C)CCCC(C)CCCC(C)C.Cc1c(C)c2c(c(C)c1O)CCC(C)(CCCC(C)CCCC(C)CCCC(C)C)O2. The molecule has 1 heterocycles. The molecule has 0 saturated heterocycles. The van der Waals surface area contributed by atoms with Crippen LogP contribution >= 0.6 is 0 Å². The van der Waals surface area contributed by atoms with E-state index in [9.17, 15) is 5.11 Å². The van der Waals surface area contributed by atoms with Crippen LogP contribution in [0, 0.1) is 79.4 Å². The Kier molecular flexibility index (Phi) is 39.5. The van der Waals surface area contributed by atoms with Crippen molar-refractivity contribution in [3.63, 3.8) is 0 Å². The molecule has 73 heavy (non-hydrogen) atoms. The lowest BCUT2D eigenvalue weighted by Crippen LogP contribution is -2.37. The minimum Gasteiger partial charge on any atom is -0.507 e. The summed E-state index contributed by atoms with van der Waals surface area (Å²) in [6.45, 7) is 47.8. The highest BCUT2D eigenvalue weighted by molar-refractivity contribution is 5.58. The van der Waals surface area contributed by atoms with E-state index in [1.807, 2.05) is 19.9 Å². The first-order valence-electron chi connectivity index (χ1n) is 31.7. The molecule has 2 rings (SSSR count). The van der Waals surface area contributed by atoms with E-state index in [0.717, 1.165) is 101 Å². The average Bonchev–Trinajstić information content (AvgIpc) is 3.30. The van der Waals surface area contributed by atoms with Gasteiger partial charge in [0.05, 0.1) is 6.61 Å². The highest BCUT2D eigenvalue weighted by Gasteiger charge is 2.34. The molecule has 0 fully saturated rings. The topological polar surface area (TPSA) is 49.7 Å². The summed E-state index contributed by atoms with van der Waals surface area (Å²) in [5, 5.41) is 19.2. The minimum absolute atomic E-state index is 0.0712. The quantitative estimate of drug-likeness (QED) is 0.0649. The molecule has 0 amide bonds. The Labute approximate surface area is 459 Å². The number of phenols is 1. The van der Waals surface area contributed by atoms with Crippen LogP contribution in [0.2, 0.25) is 0 Å². The van der Waals surface area contributed by atoms with Crippen molar-refractivity contribution in [2.24, 2.45) is 58.7 Å². The summed E-state index contributed by atoms with van der Waals surface area (Å²) >= 11 is 0. The summed E-state index contributed by atoms with van der Waals surface area (Å²) in [7, 11) is 0. The van der Waals surface area contributed by atoms with E-state index in [-0.39, 0.29) is 12.2 Å². The Morgan fingerprint density at radius 2 is 0.904 bits per heavy atom. The Hall–Kier alpha value is -1.74. The number of aliphatic hydroxyl groups excluding tert-OH is 1. The third-order valence-electron chi connectivity index (χ3n) is 17.4. The van der Waals surface area contributed by atoms with Gasteiger partial charge in [-0.3, -0.25) is 0 Å². The van der Waals surface area contributed by atoms with Crippen LogP contribution in [-0.4, -0.2) is 22.4 Å². The van der Waals surface area contributed by atoms with Crippen molar-refractivity contribution in [2.45, 2.75) is 323 Å². The molecular weight excluding hydrogens is 889 g/mol. The van der Waals surface area contributed by atoms with Gasteiger partial charge in [0.2, 0.25) is 0 Å². The molecule has 430 valence electrons. The molecule has 0 bridgehead atoms. The Morgan fingerprint density at radius 1 is 0.548 bits per heavy atom. The van der Waals surface area contributed by atoms with Gasteiger partial charge in [-0.25, -0.2) is 0 Å². The van der Waals surface area contributed by atoms with Gasteiger partial charge in [-0.1, -0.05) is 256 Å². The van der Waals surface area contributed by atoms with Gasteiger partial charge in [-0.05, 0) is 155 Å². The number of allylic oxidation sites excluding steroid dienone is 2. The third kappa shape index (κ3) is 36.1. The predicted molar refractivity (Wildman–Crippen MR) is 329 cm³/mol. The fourth-order valence-corrected chi connectivity index (χ4v) is 11.2. The fourth-order valence-electron chi connectivity index (χ4n) is 11.2. The van der Waals surface area contributed by atoms with Gasteiger partial charge in [-0.2, -0.15) is 0 Å². The molecule has 1 aliphatic heterocycles. The molecule has 7 unspecified atom stereocenters. The van der Waals surface area contributed by atoms with Crippen LogP contribution < -0.4 is 4.74 Å². The first-order chi connectivity index (χ1) is 34.3. The summed E-state index contributed by atoms with van der Waals surface area (Å²) in [6.07, 6.45) is 42.8. The highest BCUT2D eigenvalue weighted by Crippen LogP contribution is 2.44. The second kappa shape index (κ2) is 40.5. The van der Waals surface area contributed by atoms with Crippen LogP contribution in [0.4, 0.5) is 0 Å². The van der Waals surface area contributed by atoms with Gasteiger partial charge in [0.1, 0.15) is 17.1 Å². The standard InChI is InChI=1S/C29H50O2.C21H42.C20H40O/c1-20(2)12-9-13-21(3)14-10-15-22(4)16-11-18-29(8)19-17-26-25(7)27(30)23(5)24(6)28(26)31-29;1-8-21(6,7)17-11-16-20(5)15-10-14-19(4)13-9-12-18(2)3;1-17(2)9-6-10-18(3)11-7-12-19(4)13-8-14-20(5)15-16-21/h20-22,30H,9-19H2,1-8H3;8,18-20H,1,9-17H2,2-7H3;15,17-19,21H,6-14,16H2,1-5H3/b;;20-15+. The zero-order chi connectivity index (χ0) is 55.6. The monoisotopic (exact) mass is 1020 g/mol. The number of phenolic OH excluding ortho intramolecular Hbond substituents is 1. The molecule has 7 atom stereocenters. The number of hydrogen-bond donors (Lipinski definition) is 2. The van der Waals surface area contributed by atoms with Gasteiger partial charge < -0.3 is 14.9 Å². The predicted octanol–water partition coefficient (Wildman–Crippen LogP) is 22.8. The van der Waals surface area contributed by atoms with Crippen molar-refractivity contribution in [1.29, 1.82) is 0 Å². The second-order valence-electron chi connectivity index (χ2n) is 27.6. The summed E-state index contributed by atoms with van der Waals surface area (Å²) in [6, 6.07) is 0. The summed E-state index contributed by atoms with van der Waals surface area (Å²) < 4.78 is 6.60. The van der Waals surface area contributed by atoms with Gasteiger partial charge in [0.25, 0.3) is 0 Å². The molecular formula is C70H132O3. The van der Waals surface area contributed by atoms with Crippen molar-refractivity contribution in [2.75, 3.05) is 6.61 Å². The minimum atomic E-state index is -0.0712. The molecule has 0 spiro atoms. The van der Waals surface area contributed by atoms with Crippen molar-refractivity contribution in [1.82, 2.24) is 0 Å². The van der Waals surface area contributed by atoms with Crippen LogP contribution in [-0.2, 0) is 6.42 Å². The van der Waals surface area contributed by atoms with Crippen LogP contribution in [0.5, 0.6) is 11.5 Å². The van der Waals surface area contributed by atoms with E-state index in [4.69, 9.17) is 9.84 Å². The molecule has 0 aliphatic carbocycles. The van der Waals surface area contributed by atoms with E-state index in [1.54, 1.807) is 0 Å². The molecule has 1 aromatic rings. The maximum absolute atomic E-state index is 10.4. The molecule has 2 N–H and O–H groups in total. The van der Waals surface area contributed by atoms with E-state index in [1.165, 1.54) is 172 Å². The number of ether oxygens (including phenoxy) is 1. The van der Waals surface area contributed by atoms with Crippen LogP contribution in [0.25, 0.3) is 0 Å². The van der Waals surface area contributed by atoms with Gasteiger partial charge in [0, 0.05) is 5.56 Å². The number of benzene rings is 1. The Morgan fingerprint density at radius 3 is 1.27 bits per heavy atom. The van der Waals surface area contributed by atoms with Crippen molar-refractivity contribution >= 4 is 0 Å². The lowest BCUT2D eigenvalue weighted by molar-refractivity contribution is 0.0511. The molecule has 0 saturated carbocycles. The van der Waals surface area contributed by atoms with E-state index in [2.05, 4.69) is 130 Å². The van der Waals surface area contributed by atoms with E-state index >= 15 is 0 Å². The molecule has 1 aromatic carbocycles. The first-order valence-corrected chi connectivity index (χ1v) is 31.7. The lowest BCUT2D eigenvalue weighted by atomic mass is 9.84. The van der Waals surface area contributed by atoms with Gasteiger partial charge in [0.15, 0.2) is 0 Å². The maximum atomic E-state index is 10.4. The van der Waals surface area contributed by atoms with Crippen molar-refractivity contribution < 1.29 is 14.9 Å². The maximum Gasteiger partial charge on any atom is 0.127 e. The van der Waals surface area contributed by atoms with Crippen molar-refractivity contribution in [3.8, 4) is 11.5 Å². The van der Waals surface area contributed by atoms with E-state index in [0.29, 0.717) is 11.2 Å². The molecule has 1 aliphatic rings. The van der Waals surface area contributed by atoms with Crippen molar-refractivity contribution in [3.05, 3.63) is 46.6 Å². The Balaban J connectivity index is 0.00000110. The zero-order valence-electron chi connectivity index (χ0n) is 53.1. The number of rotatable bonds is 38. The fraction of sp³-hybridized carbons (Fsp3) is 0.857. The molecule has 0 aromatic heterocycles. The molecule has 3 heteroatoms. The van der Waals surface area contributed by atoms with Gasteiger partial charge in [-0.15, -0.1) is 6.58 Å². The summed E-state index contributed by atoms with van der Waals surface area (Å²) in [5.74, 6) is 9.36. The van der Waals surface area contributed by atoms with Crippen LogP contribution in [0.15, 0.2) is 24.3 Å². The normalized spacial score (nSPS) is 17.5. The average molecular weight is 1020 g/mol. The second-order valence-corrected chi connectivity index (χ2v) is 27.6. The smallest absolute Gasteiger partial charge is 0.127 e. The van der Waals surface area contributed by atoms with Crippen LogP contribution in [0.3, 0.4) is 0 Å². The van der Waals surface area contributed by atoms with Crippen LogP contribution in [0.1, 0.15) is 313 Å². The first kappa shape index (κ1) is 71.3. The van der Waals surface area contributed by atoms with E-state index < -0.39 is 0 Å². The number of aromatic hydroxyl groups is 1. The Bertz CT molecular complexity index is 1550. The zero-order valence-corrected chi connectivity index (χ0v) is 53.1. The molecule has 3 nitrogen and oxygen atoms in total.